The lowest BCUT2D eigenvalue weighted by Gasteiger charge is -2.29. The van der Waals surface area contributed by atoms with Crippen LogP contribution in [0.15, 0.2) is 48.8 Å². The van der Waals surface area contributed by atoms with Crippen molar-refractivity contribution in [3.8, 4) is 0 Å². The molecule has 0 saturated carbocycles. The van der Waals surface area contributed by atoms with E-state index in [1.165, 1.54) is 6.33 Å². The highest BCUT2D eigenvalue weighted by atomic mass is 16.7. The van der Waals surface area contributed by atoms with Crippen molar-refractivity contribution < 1.29 is 14.6 Å². The van der Waals surface area contributed by atoms with Crippen LogP contribution in [-0.2, 0) is 21.9 Å². The standard InChI is InChI=1S/C20H24N4O3/c1-3-16-13(2)18(26-11-14-7-5-4-6-8-14)20(25,27-16)17-10-9-15-19(21)22-12-23-24(15)17/h4-10,12-13,16,18,25H,3,11H2,1-2H3,(H2,21,22,23)/t13-,16-,18?,20+/m1/s1. The van der Waals surface area contributed by atoms with E-state index in [2.05, 4.69) is 10.1 Å². The van der Waals surface area contributed by atoms with E-state index in [4.69, 9.17) is 15.2 Å². The third kappa shape index (κ3) is 2.97. The molecular formula is C20H24N4O3. The quantitative estimate of drug-likeness (QED) is 0.718. The highest BCUT2D eigenvalue weighted by Crippen LogP contribution is 2.44. The summed E-state index contributed by atoms with van der Waals surface area (Å²) in [6.07, 6.45) is 1.47. The minimum Gasteiger partial charge on any atom is -0.382 e. The van der Waals surface area contributed by atoms with E-state index in [0.29, 0.717) is 23.6 Å². The summed E-state index contributed by atoms with van der Waals surface area (Å²) in [5.74, 6) is -1.27. The van der Waals surface area contributed by atoms with Crippen LogP contribution in [0.4, 0.5) is 5.82 Å². The zero-order chi connectivity index (χ0) is 19.0. The first kappa shape index (κ1) is 17.9. The zero-order valence-corrected chi connectivity index (χ0v) is 15.4. The third-order valence-corrected chi connectivity index (χ3v) is 5.30. The molecule has 142 valence electrons. The largest absolute Gasteiger partial charge is 0.382 e. The number of nitrogens with zero attached hydrogens (tertiary/aromatic N) is 3. The van der Waals surface area contributed by atoms with Gasteiger partial charge in [0, 0.05) is 5.92 Å². The Morgan fingerprint density at radius 2 is 2.04 bits per heavy atom. The van der Waals surface area contributed by atoms with Crippen LogP contribution >= 0.6 is 0 Å². The minimum absolute atomic E-state index is 0.00782. The predicted molar refractivity (Wildman–Crippen MR) is 101 cm³/mol. The smallest absolute Gasteiger partial charge is 0.237 e. The molecule has 0 amide bonds. The summed E-state index contributed by atoms with van der Waals surface area (Å²) >= 11 is 0. The first-order chi connectivity index (χ1) is 13.0. The number of fused-ring (bicyclic) bond motifs is 1. The molecule has 0 spiro atoms. The van der Waals surface area contributed by atoms with E-state index in [1.54, 1.807) is 16.6 Å². The maximum atomic E-state index is 11.6. The molecule has 1 saturated heterocycles. The molecule has 27 heavy (non-hydrogen) atoms. The Morgan fingerprint density at radius 3 is 2.78 bits per heavy atom. The molecule has 0 aliphatic carbocycles. The topological polar surface area (TPSA) is 94.9 Å². The number of aliphatic hydroxyl groups is 1. The van der Waals surface area contributed by atoms with Gasteiger partial charge in [-0.15, -0.1) is 0 Å². The zero-order valence-electron chi connectivity index (χ0n) is 15.4. The van der Waals surface area contributed by atoms with Crippen LogP contribution in [-0.4, -0.2) is 31.9 Å². The van der Waals surface area contributed by atoms with E-state index >= 15 is 0 Å². The number of hydrogen-bond donors (Lipinski definition) is 2. The number of aromatic nitrogens is 3. The van der Waals surface area contributed by atoms with Crippen LogP contribution in [0, 0.1) is 5.92 Å². The van der Waals surface area contributed by atoms with E-state index in [1.807, 2.05) is 44.2 Å². The second kappa shape index (κ2) is 6.92. The Bertz CT molecular complexity index is 929. The molecule has 2 aromatic heterocycles. The van der Waals surface area contributed by atoms with Gasteiger partial charge < -0.3 is 20.3 Å². The van der Waals surface area contributed by atoms with Crippen LogP contribution in [0.5, 0.6) is 0 Å². The van der Waals surface area contributed by atoms with Gasteiger partial charge in [0.2, 0.25) is 5.79 Å². The van der Waals surface area contributed by atoms with Crippen molar-refractivity contribution in [1.29, 1.82) is 0 Å². The molecule has 1 fully saturated rings. The normalized spacial score (nSPS) is 28.0. The van der Waals surface area contributed by atoms with Crippen LogP contribution in [0.1, 0.15) is 31.5 Å². The van der Waals surface area contributed by atoms with Crippen molar-refractivity contribution in [3.05, 3.63) is 60.0 Å². The van der Waals surface area contributed by atoms with Gasteiger partial charge in [0.25, 0.3) is 0 Å². The van der Waals surface area contributed by atoms with Crippen molar-refractivity contribution in [1.82, 2.24) is 14.6 Å². The van der Waals surface area contributed by atoms with E-state index in [0.717, 1.165) is 12.0 Å². The average molecular weight is 368 g/mol. The molecule has 1 aromatic carbocycles. The summed E-state index contributed by atoms with van der Waals surface area (Å²) in [6, 6.07) is 13.4. The summed E-state index contributed by atoms with van der Waals surface area (Å²) < 4.78 is 13.9. The van der Waals surface area contributed by atoms with E-state index < -0.39 is 11.9 Å². The fraction of sp³-hybridized carbons (Fsp3) is 0.400. The maximum Gasteiger partial charge on any atom is 0.237 e. The van der Waals surface area contributed by atoms with Gasteiger partial charge in [-0.1, -0.05) is 44.2 Å². The maximum absolute atomic E-state index is 11.6. The van der Waals surface area contributed by atoms with Crippen molar-refractivity contribution >= 4 is 11.3 Å². The molecule has 7 nitrogen and oxygen atoms in total. The Kier molecular flexibility index (Phi) is 4.59. The number of ether oxygens (including phenoxy) is 2. The molecule has 7 heteroatoms. The first-order valence-electron chi connectivity index (χ1n) is 9.19. The highest BCUT2D eigenvalue weighted by molar-refractivity contribution is 5.65. The van der Waals surface area contributed by atoms with E-state index in [-0.39, 0.29) is 12.0 Å². The minimum atomic E-state index is -1.62. The fourth-order valence-corrected chi connectivity index (χ4v) is 3.87. The summed E-state index contributed by atoms with van der Waals surface area (Å²) in [6.45, 7) is 4.47. The summed E-state index contributed by atoms with van der Waals surface area (Å²) in [5.41, 5.74) is 8.09. The van der Waals surface area contributed by atoms with Crippen LogP contribution in [0.25, 0.3) is 5.52 Å². The number of benzene rings is 1. The molecule has 4 atom stereocenters. The number of hydrogen-bond acceptors (Lipinski definition) is 6. The lowest BCUT2D eigenvalue weighted by atomic mass is 9.93. The molecule has 1 unspecified atom stereocenters. The Morgan fingerprint density at radius 1 is 1.26 bits per heavy atom. The summed E-state index contributed by atoms with van der Waals surface area (Å²) in [7, 11) is 0. The Hall–Kier alpha value is -2.48. The van der Waals surface area contributed by atoms with Gasteiger partial charge >= 0.3 is 0 Å². The van der Waals surface area contributed by atoms with Crippen molar-refractivity contribution in [2.24, 2.45) is 5.92 Å². The van der Waals surface area contributed by atoms with Gasteiger partial charge in [-0.2, -0.15) is 5.10 Å². The van der Waals surface area contributed by atoms with Gasteiger partial charge in [-0.25, -0.2) is 9.50 Å². The van der Waals surface area contributed by atoms with Crippen molar-refractivity contribution in [3.63, 3.8) is 0 Å². The van der Waals surface area contributed by atoms with Crippen molar-refractivity contribution in [2.75, 3.05) is 5.73 Å². The summed E-state index contributed by atoms with van der Waals surface area (Å²) in [5, 5.41) is 15.8. The van der Waals surface area contributed by atoms with Gasteiger partial charge in [0.15, 0.2) is 5.82 Å². The van der Waals surface area contributed by atoms with Crippen LogP contribution in [0.2, 0.25) is 0 Å². The fourth-order valence-electron chi connectivity index (χ4n) is 3.87. The molecule has 1 aliphatic rings. The lowest BCUT2D eigenvalue weighted by Crippen LogP contribution is -2.41. The molecule has 4 rings (SSSR count). The van der Waals surface area contributed by atoms with Gasteiger partial charge in [0.1, 0.15) is 23.6 Å². The Labute approximate surface area is 157 Å². The molecular weight excluding hydrogens is 344 g/mol. The molecule has 0 radical (unpaired) electrons. The predicted octanol–water partition coefficient (Wildman–Crippen LogP) is 2.49. The Balaban J connectivity index is 1.71. The SMILES string of the molecule is CC[C@H]1O[C@@](O)(c2ccc3c(N)ncnn23)C(OCc2ccccc2)[C@@H]1C. The van der Waals surface area contributed by atoms with Crippen LogP contribution in [0.3, 0.4) is 0 Å². The second-order valence-corrected chi connectivity index (χ2v) is 7.00. The monoisotopic (exact) mass is 368 g/mol. The number of nitrogens with two attached hydrogens (primary N) is 1. The molecule has 3 heterocycles. The molecule has 3 N–H and O–H groups in total. The number of anilines is 1. The van der Waals surface area contributed by atoms with Crippen LogP contribution < -0.4 is 5.73 Å². The van der Waals surface area contributed by atoms with E-state index in [9.17, 15) is 5.11 Å². The first-order valence-corrected chi connectivity index (χ1v) is 9.19. The van der Waals surface area contributed by atoms with Crippen molar-refractivity contribution in [2.45, 2.75) is 44.9 Å². The second-order valence-electron chi connectivity index (χ2n) is 7.00. The molecule has 3 aromatic rings. The number of rotatable bonds is 5. The lowest BCUT2D eigenvalue weighted by molar-refractivity contribution is -0.251. The summed E-state index contributed by atoms with van der Waals surface area (Å²) in [4.78, 5) is 4.00. The van der Waals surface area contributed by atoms with Gasteiger partial charge in [-0.3, -0.25) is 0 Å². The van der Waals surface area contributed by atoms with Gasteiger partial charge in [0.05, 0.1) is 12.7 Å². The molecule has 0 bridgehead atoms. The average Bonchev–Trinajstić information content (AvgIpc) is 3.22. The third-order valence-electron chi connectivity index (χ3n) is 5.30. The highest BCUT2D eigenvalue weighted by Gasteiger charge is 2.55. The number of nitrogen functional groups attached to an aromatic ring is 1. The molecule has 1 aliphatic heterocycles. The van der Waals surface area contributed by atoms with Gasteiger partial charge in [-0.05, 0) is 24.1 Å².